The van der Waals surface area contributed by atoms with Gasteiger partial charge in [0.2, 0.25) is 0 Å². The highest BCUT2D eigenvalue weighted by Crippen LogP contribution is 2.09. The minimum absolute atomic E-state index is 0.0877. The van der Waals surface area contributed by atoms with Gasteiger partial charge in [-0.2, -0.15) is 0 Å². The van der Waals surface area contributed by atoms with Gasteiger partial charge < -0.3 is 10.6 Å². The highest BCUT2D eigenvalue weighted by atomic mass is 19.1. The molecule has 0 aliphatic rings. The van der Waals surface area contributed by atoms with E-state index >= 15 is 0 Å². The Morgan fingerprint density at radius 2 is 1.61 bits per heavy atom. The Bertz CT molecular complexity index is 735. The molecule has 0 bridgehead atoms. The van der Waals surface area contributed by atoms with Gasteiger partial charge in [-0.3, -0.25) is 9.59 Å². The van der Waals surface area contributed by atoms with E-state index in [1.54, 1.807) is 12.1 Å². The van der Waals surface area contributed by atoms with Crippen molar-refractivity contribution in [2.24, 2.45) is 0 Å². The summed E-state index contributed by atoms with van der Waals surface area (Å²) in [6.07, 6.45) is 1.49. The fourth-order valence-corrected chi connectivity index (χ4v) is 1.92. The van der Waals surface area contributed by atoms with Crippen LogP contribution in [-0.4, -0.2) is 18.9 Å². The molecule has 0 saturated heterocycles. The van der Waals surface area contributed by atoms with Crippen molar-refractivity contribution in [1.29, 1.82) is 0 Å². The predicted molar refractivity (Wildman–Crippen MR) is 87.1 cm³/mol. The summed E-state index contributed by atoms with van der Waals surface area (Å²) in [4.78, 5) is 24.2. The second-order valence-electron chi connectivity index (χ2n) is 5.01. The zero-order valence-electron chi connectivity index (χ0n) is 12.9. The maximum absolute atomic E-state index is 12.9. The Morgan fingerprint density at radius 1 is 1.00 bits per heavy atom. The van der Waals surface area contributed by atoms with Gasteiger partial charge in [0.25, 0.3) is 11.8 Å². The molecule has 0 spiro atoms. The lowest BCUT2D eigenvalue weighted by atomic mass is 10.1. The first-order valence-electron chi connectivity index (χ1n) is 7.07. The van der Waals surface area contributed by atoms with E-state index < -0.39 is 5.91 Å². The van der Waals surface area contributed by atoms with E-state index in [2.05, 4.69) is 10.6 Å². The SMILES string of the molecule is CNC(=O)C(=Cc1ccc(F)cc1)NC(=O)c1ccc(C)cc1. The zero-order chi connectivity index (χ0) is 16.8. The van der Waals surface area contributed by atoms with E-state index in [1.807, 2.05) is 19.1 Å². The molecule has 0 unspecified atom stereocenters. The summed E-state index contributed by atoms with van der Waals surface area (Å²) in [5.74, 6) is -1.19. The molecular formula is C18H17FN2O2. The summed E-state index contributed by atoms with van der Waals surface area (Å²) < 4.78 is 12.9. The normalized spacial score (nSPS) is 11.0. The zero-order valence-corrected chi connectivity index (χ0v) is 12.9. The molecule has 5 heteroatoms. The van der Waals surface area contributed by atoms with Crippen LogP contribution in [0.25, 0.3) is 6.08 Å². The first-order chi connectivity index (χ1) is 11.0. The lowest BCUT2D eigenvalue weighted by Crippen LogP contribution is -2.33. The van der Waals surface area contributed by atoms with E-state index in [0.29, 0.717) is 11.1 Å². The van der Waals surface area contributed by atoms with Crippen molar-refractivity contribution in [2.75, 3.05) is 7.05 Å². The quantitative estimate of drug-likeness (QED) is 0.853. The Hall–Kier alpha value is -2.95. The van der Waals surface area contributed by atoms with Crippen LogP contribution < -0.4 is 10.6 Å². The third-order valence-electron chi connectivity index (χ3n) is 3.21. The Kier molecular flexibility index (Phi) is 5.25. The van der Waals surface area contributed by atoms with E-state index in [9.17, 15) is 14.0 Å². The average Bonchev–Trinajstić information content (AvgIpc) is 2.56. The van der Waals surface area contributed by atoms with Crippen molar-refractivity contribution in [2.45, 2.75) is 6.92 Å². The van der Waals surface area contributed by atoms with Crippen molar-refractivity contribution in [3.8, 4) is 0 Å². The molecule has 2 aromatic rings. The van der Waals surface area contributed by atoms with E-state index in [0.717, 1.165) is 5.56 Å². The molecule has 2 aromatic carbocycles. The minimum Gasteiger partial charge on any atom is -0.354 e. The molecule has 0 fully saturated rings. The summed E-state index contributed by atoms with van der Waals surface area (Å²) in [6.45, 7) is 1.92. The molecule has 23 heavy (non-hydrogen) atoms. The molecule has 0 saturated carbocycles. The first kappa shape index (κ1) is 16.4. The smallest absolute Gasteiger partial charge is 0.267 e. The van der Waals surface area contributed by atoms with Crippen LogP contribution in [0.2, 0.25) is 0 Å². The highest BCUT2D eigenvalue weighted by molar-refractivity contribution is 6.05. The van der Waals surface area contributed by atoms with Crippen LogP contribution in [0.3, 0.4) is 0 Å². The lowest BCUT2D eigenvalue weighted by molar-refractivity contribution is -0.117. The van der Waals surface area contributed by atoms with Gasteiger partial charge in [-0.1, -0.05) is 29.8 Å². The second kappa shape index (κ2) is 7.35. The Balaban J connectivity index is 2.25. The van der Waals surface area contributed by atoms with Crippen molar-refractivity contribution >= 4 is 17.9 Å². The van der Waals surface area contributed by atoms with Crippen LogP contribution in [0.15, 0.2) is 54.2 Å². The second-order valence-corrected chi connectivity index (χ2v) is 5.01. The number of aryl methyl sites for hydroxylation is 1. The van der Waals surface area contributed by atoms with Crippen molar-refractivity contribution in [3.63, 3.8) is 0 Å². The highest BCUT2D eigenvalue weighted by Gasteiger charge is 2.13. The number of carbonyl (C=O) groups is 2. The minimum atomic E-state index is -0.435. The molecular weight excluding hydrogens is 295 g/mol. The van der Waals surface area contributed by atoms with Crippen LogP contribution in [0.4, 0.5) is 4.39 Å². The maximum Gasteiger partial charge on any atom is 0.267 e. The number of nitrogens with one attached hydrogen (secondary N) is 2. The summed E-state index contributed by atoms with van der Waals surface area (Å²) in [5, 5.41) is 5.05. The fourth-order valence-electron chi connectivity index (χ4n) is 1.92. The number of benzene rings is 2. The van der Waals surface area contributed by atoms with Crippen molar-refractivity contribution < 1.29 is 14.0 Å². The van der Waals surface area contributed by atoms with Crippen molar-refractivity contribution in [1.82, 2.24) is 10.6 Å². The molecule has 118 valence electrons. The van der Waals surface area contributed by atoms with Gasteiger partial charge in [-0.25, -0.2) is 4.39 Å². The third kappa shape index (κ3) is 4.51. The van der Waals surface area contributed by atoms with Gasteiger partial charge in [0.15, 0.2) is 0 Å². The fraction of sp³-hybridized carbons (Fsp3) is 0.111. The van der Waals surface area contributed by atoms with Crippen molar-refractivity contribution in [3.05, 3.63) is 76.7 Å². The standard InChI is InChI=1S/C18H17FN2O2/c1-12-3-7-14(8-4-12)17(22)21-16(18(23)20-2)11-13-5-9-15(19)10-6-13/h3-11H,1-2H3,(H,20,23)(H,21,22). The van der Waals surface area contributed by atoms with E-state index in [1.165, 1.54) is 37.4 Å². The van der Waals surface area contributed by atoms with Gasteiger partial charge >= 0.3 is 0 Å². The molecule has 2 amide bonds. The summed E-state index contributed by atoms with van der Waals surface area (Å²) in [5.41, 5.74) is 2.18. The van der Waals surface area contributed by atoms with E-state index in [4.69, 9.17) is 0 Å². The van der Waals surface area contributed by atoms with Gasteiger partial charge in [0.1, 0.15) is 11.5 Å². The number of rotatable bonds is 4. The van der Waals surface area contributed by atoms with Crippen LogP contribution in [0.1, 0.15) is 21.5 Å². The molecule has 0 aromatic heterocycles. The molecule has 4 nitrogen and oxygen atoms in total. The molecule has 2 N–H and O–H groups in total. The number of likely N-dealkylation sites (N-methyl/N-ethyl adjacent to an activating group) is 1. The Labute approximate surface area is 134 Å². The number of hydrogen-bond donors (Lipinski definition) is 2. The third-order valence-corrected chi connectivity index (χ3v) is 3.21. The number of hydrogen-bond acceptors (Lipinski definition) is 2. The molecule has 0 radical (unpaired) electrons. The summed E-state index contributed by atoms with van der Waals surface area (Å²) >= 11 is 0. The topological polar surface area (TPSA) is 58.2 Å². The number of halogens is 1. The number of amides is 2. The molecule has 2 rings (SSSR count). The molecule has 0 aliphatic carbocycles. The molecule has 0 heterocycles. The monoisotopic (exact) mass is 312 g/mol. The van der Waals surface area contributed by atoms with Crippen LogP contribution in [0, 0.1) is 12.7 Å². The van der Waals surface area contributed by atoms with Gasteiger partial charge in [0, 0.05) is 12.6 Å². The Morgan fingerprint density at radius 3 is 2.17 bits per heavy atom. The number of carbonyl (C=O) groups excluding carboxylic acids is 2. The predicted octanol–water partition coefficient (Wildman–Crippen LogP) is 2.65. The maximum atomic E-state index is 12.9. The average molecular weight is 312 g/mol. The van der Waals surface area contributed by atoms with Gasteiger partial charge in [-0.15, -0.1) is 0 Å². The molecule has 0 atom stereocenters. The van der Waals surface area contributed by atoms with E-state index in [-0.39, 0.29) is 17.4 Å². The lowest BCUT2D eigenvalue weighted by Gasteiger charge is -2.09. The van der Waals surface area contributed by atoms with Crippen LogP contribution in [0.5, 0.6) is 0 Å². The summed E-state index contributed by atoms with van der Waals surface area (Å²) in [7, 11) is 1.47. The first-order valence-corrected chi connectivity index (χ1v) is 7.07. The summed E-state index contributed by atoms with van der Waals surface area (Å²) in [6, 6.07) is 12.6. The molecule has 0 aliphatic heterocycles. The van der Waals surface area contributed by atoms with Gasteiger partial charge in [0.05, 0.1) is 0 Å². The van der Waals surface area contributed by atoms with Gasteiger partial charge in [-0.05, 0) is 42.8 Å². The largest absolute Gasteiger partial charge is 0.354 e. The van der Waals surface area contributed by atoms with Crippen LogP contribution in [-0.2, 0) is 4.79 Å². The van der Waals surface area contributed by atoms with Crippen LogP contribution >= 0.6 is 0 Å².